The first kappa shape index (κ1) is 15.2. The van der Waals surface area contributed by atoms with Crippen LogP contribution in [-0.4, -0.2) is 26.2 Å². The summed E-state index contributed by atoms with van der Waals surface area (Å²) in [5.41, 5.74) is 2.56. The van der Waals surface area contributed by atoms with E-state index in [4.69, 9.17) is 4.74 Å². The van der Waals surface area contributed by atoms with Crippen LogP contribution in [0.15, 0.2) is 42.9 Å². The van der Waals surface area contributed by atoms with Crippen LogP contribution in [0.3, 0.4) is 0 Å². The highest BCUT2D eigenvalue weighted by atomic mass is 16.6. The predicted molar refractivity (Wildman–Crippen MR) is 89.3 cm³/mol. The number of nitrogens with zero attached hydrogens (tertiary/aromatic N) is 3. The third-order valence-corrected chi connectivity index (χ3v) is 3.43. The van der Waals surface area contributed by atoms with Gasteiger partial charge >= 0.3 is 6.09 Å². The highest BCUT2D eigenvalue weighted by Gasteiger charge is 2.23. The molecule has 0 spiro atoms. The van der Waals surface area contributed by atoms with E-state index in [-0.39, 0.29) is 0 Å². The molecule has 0 saturated carbocycles. The second-order valence-electron chi connectivity index (χ2n) is 6.45. The number of ether oxygens (including phenoxy) is 1. The maximum Gasteiger partial charge on any atom is 0.419 e. The minimum Gasteiger partial charge on any atom is -0.443 e. The summed E-state index contributed by atoms with van der Waals surface area (Å²) in [5, 5.41) is 0.964. The Hall–Kier alpha value is -2.69. The second kappa shape index (κ2) is 5.50. The van der Waals surface area contributed by atoms with Crippen LogP contribution >= 0.6 is 0 Å². The Morgan fingerprint density at radius 2 is 2.00 bits per heavy atom. The Kier molecular flexibility index (Phi) is 3.64. The van der Waals surface area contributed by atoms with Crippen molar-refractivity contribution < 1.29 is 9.53 Å². The summed E-state index contributed by atoms with van der Waals surface area (Å²) in [6, 6.07) is 7.57. The summed E-state index contributed by atoms with van der Waals surface area (Å²) < 4.78 is 7.11. The Morgan fingerprint density at radius 1 is 1.22 bits per heavy atom. The molecule has 118 valence electrons. The van der Waals surface area contributed by atoms with Crippen LogP contribution in [0.25, 0.3) is 22.3 Å². The number of carbonyl (C=O) groups excluding carboxylic acids is 1. The van der Waals surface area contributed by atoms with Crippen molar-refractivity contribution in [2.75, 3.05) is 0 Å². The Morgan fingerprint density at radius 3 is 2.65 bits per heavy atom. The molecule has 3 aromatic heterocycles. The number of pyridine rings is 2. The minimum absolute atomic E-state index is 0.430. The van der Waals surface area contributed by atoms with Gasteiger partial charge in [-0.3, -0.25) is 9.97 Å². The zero-order chi connectivity index (χ0) is 16.6. The Labute approximate surface area is 134 Å². The third kappa shape index (κ3) is 2.95. The van der Waals surface area contributed by atoms with Gasteiger partial charge in [-0.15, -0.1) is 0 Å². The smallest absolute Gasteiger partial charge is 0.419 e. The molecule has 0 aliphatic heterocycles. The van der Waals surface area contributed by atoms with Crippen molar-refractivity contribution in [2.24, 2.45) is 0 Å². The molecule has 0 radical (unpaired) electrons. The van der Waals surface area contributed by atoms with Gasteiger partial charge in [-0.1, -0.05) is 6.07 Å². The van der Waals surface area contributed by atoms with Gasteiger partial charge in [0.15, 0.2) is 0 Å². The van der Waals surface area contributed by atoms with Gasteiger partial charge < -0.3 is 4.74 Å². The molecule has 0 aliphatic carbocycles. The molecule has 3 aromatic rings. The van der Waals surface area contributed by atoms with E-state index < -0.39 is 11.7 Å². The molecule has 0 unspecified atom stereocenters. The lowest BCUT2D eigenvalue weighted by Gasteiger charge is -2.20. The van der Waals surface area contributed by atoms with Gasteiger partial charge in [0.1, 0.15) is 5.60 Å². The largest absolute Gasteiger partial charge is 0.443 e. The summed E-state index contributed by atoms with van der Waals surface area (Å²) in [4.78, 5) is 21.3. The van der Waals surface area contributed by atoms with Gasteiger partial charge in [0.05, 0.1) is 23.1 Å². The molecule has 0 aromatic carbocycles. The standard InChI is InChI=1S/C18H19N3O2/c1-12-10-19-11-16-13(12)9-15(14-7-5-6-8-20-14)21(16)17(22)23-18(2,3)4/h5-11H,1-4H3. The number of carbonyl (C=O) groups is 1. The fourth-order valence-electron chi connectivity index (χ4n) is 2.46. The van der Waals surface area contributed by atoms with Gasteiger partial charge in [-0.05, 0) is 51.5 Å². The predicted octanol–water partition coefficient (Wildman–Crippen LogP) is 4.19. The first-order valence-corrected chi connectivity index (χ1v) is 7.47. The summed E-state index contributed by atoms with van der Waals surface area (Å²) >= 11 is 0. The average Bonchev–Trinajstić information content (AvgIpc) is 2.87. The molecule has 0 amide bonds. The number of rotatable bonds is 1. The molecule has 5 nitrogen and oxygen atoms in total. The van der Waals surface area contributed by atoms with Crippen molar-refractivity contribution in [3.05, 3.63) is 48.4 Å². The van der Waals surface area contributed by atoms with E-state index in [1.54, 1.807) is 23.2 Å². The van der Waals surface area contributed by atoms with Crippen LogP contribution in [0.4, 0.5) is 4.79 Å². The van der Waals surface area contributed by atoms with Crippen molar-refractivity contribution in [2.45, 2.75) is 33.3 Å². The molecule has 0 saturated heterocycles. The summed E-state index contributed by atoms with van der Waals surface area (Å²) in [7, 11) is 0. The van der Waals surface area contributed by atoms with Gasteiger partial charge in [0, 0.05) is 17.8 Å². The number of aromatic nitrogens is 3. The highest BCUT2D eigenvalue weighted by molar-refractivity contribution is 5.96. The van der Waals surface area contributed by atoms with E-state index in [9.17, 15) is 4.79 Å². The van der Waals surface area contributed by atoms with E-state index in [0.717, 1.165) is 16.5 Å². The van der Waals surface area contributed by atoms with Crippen LogP contribution in [-0.2, 0) is 4.74 Å². The van der Waals surface area contributed by atoms with Crippen LogP contribution in [0.2, 0.25) is 0 Å². The summed E-state index contributed by atoms with van der Waals surface area (Å²) in [6.07, 6.45) is 4.74. The first-order valence-electron chi connectivity index (χ1n) is 7.47. The SMILES string of the molecule is Cc1cncc2c1cc(-c1ccccn1)n2C(=O)OC(C)(C)C. The van der Waals surface area contributed by atoms with Crippen LogP contribution in [0.5, 0.6) is 0 Å². The van der Waals surface area contributed by atoms with Crippen molar-refractivity contribution in [1.29, 1.82) is 0 Å². The van der Waals surface area contributed by atoms with Gasteiger partial charge in [-0.25, -0.2) is 9.36 Å². The summed E-state index contributed by atoms with van der Waals surface area (Å²) in [6.45, 7) is 7.51. The fraction of sp³-hybridized carbons (Fsp3) is 0.278. The zero-order valence-electron chi connectivity index (χ0n) is 13.7. The minimum atomic E-state index is -0.577. The molecular weight excluding hydrogens is 290 g/mol. The number of aryl methyl sites for hydroxylation is 1. The molecular formula is C18H19N3O2. The maximum atomic E-state index is 12.7. The molecule has 23 heavy (non-hydrogen) atoms. The van der Waals surface area contributed by atoms with Crippen LogP contribution < -0.4 is 0 Å². The number of hydrogen-bond acceptors (Lipinski definition) is 4. The zero-order valence-corrected chi connectivity index (χ0v) is 13.7. The monoisotopic (exact) mass is 309 g/mol. The molecule has 3 rings (SSSR count). The van der Waals surface area contributed by atoms with Crippen molar-refractivity contribution in [3.8, 4) is 11.4 Å². The average molecular weight is 309 g/mol. The van der Waals surface area contributed by atoms with E-state index in [2.05, 4.69) is 9.97 Å². The number of hydrogen-bond donors (Lipinski definition) is 0. The fourth-order valence-corrected chi connectivity index (χ4v) is 2.46. The lowest BCUT2D eigenvalue weighted by atomic mass is 10.2. The quantitative estimate of drug-likeness (QED) is 0.676. The molecule has 0 bridgehead atoms. The van der Waals surface area contributed by atoms with E-state index in [1.807, 2.05) is 52.0 Å². The van der Waals surface area contributed by atoms with E-state index in [1.165, 1.54) is 0 Å². The van der Waals surface area contributed by atoms with Crippen LogP contribution in [0, 0.1) is 6.92 Å². The Bertz CT molecular complexity index is 861. The summed E-state index contributed by atoms with van der Waals surface area (Å²) in [5.74, 6) is 0. The maximum absolute atomic E-state index is 12.7. The number of fused-ring (bicyclic) bond motifs is 1. The molecule has 0 aliphatic rings. The molecule has 0 fully saturated rings. The van der Waals surface area contributed by atoms with Crippen LogP contribution in [0.1, 0.15) is 26.3 Å². The van der Waals surface area contributed by atoms with Gasteiger partial charge in [-0.2, -0.15) is 0 Å². The van der Waals surface area contributed by atoms with Crippen molar-refractivity contribution >= 4 is 17.0 Å². The lowest BCUT2D eigenvalue weighted by molar-refractivity contribution is 0.0547. The Balaban J connectivity index is 2.25. The van der Waals surface area contributed by atoms with E-state index >= 15 is 0 Å². The molecule has 0 atom stereocenters. The highest BCUT2D eigenvalue weighted by Crippen LogP contribution is 2.29. The topological polar surface area (TPSA) is 57.0 Å². The van der Waals surface area contributed by atoms with Crippen molar-refractivity contribution in [1.82, 2.24) is 14.5 Å². The molecule has 0 N–H and O–H groups in total. The van der Waals surface area contributed by atoms with Gasteiger partial charge in [0.25, 0.3) is 0 Å². The van der Waals surface area contributed by atoms with E-state index in [0.29, 0.717) is 11.4 Å². The molecule has 5 heteroatoms. The second-order valence-corrected chi connectivity index (χ2v) is 6.45. The molecule has 3 heterocycles. The van der Waals surface area contributed by atoms with Gasteiger partial charge in [0.2, 0.25) is 0 Å². The lowest BCUT2D eigenvalue weighted by Crippen LogP contribution is -2.27. The first-order chi connectivity index (χ1) is 10.9. The third-order valence-electron chi connectivity index (χ3n) is 3.43. The van der Waals surface area contributed by atoms with Crippen molar-refractivity contribution in [3.63, 3.8) is 0 Å². The normalized spacial score (nSPS) is 11.7.